The third-order valence-electron chi connectivity index (χ3n) is 6.73. The van der Waals surface area contributed by atoms with Gasteiger partial charge in [-0.15, -0.1) is 0 Å². The van der Waals surface area contributed by atoms with Crippen molar-refractivity contribution in [1.82, 2.24) is 9.61 Å². The molecule has 1 aliphatic carbocycles. The smallest absolute Gasteiger partial charge is 0.101 e. The van der Waals surface area contributed by atoms with Gasteiger partial charge in [-0.1, -0.05) is 12.1 Å². The molecule has 0 unspecified atom stereocenters. The molecule has 0 spiro atoms. The Labute approximate surface area is 199 Å². The molecule has 0 amide bonds. The fourth-order valence-electron chi connectivity index (χ4n) is 4.96. The second-order valence-electron chi connectivity index (χ2n) is 9.46. The lowest BCUT2D eigenvalue weighted by Crippen LogP contribution is -2.22. The molecule has 2 aliphatic rings. The molecule has 0 bridgehead atoms. The summed E-state index contributed by atoms with van der Waals surface area (Å²) in [7, 11) is 0. The summed E-state index contributed by atoms with van der Waals surface area (Å²) in [5, 5.41) is 35.5. The van der Waals surface area contributed by atoms with Gasteiger partial charge in [0, 0.05) is 40.9 Å². The Kier molecular flexibility index (Phi) is 5.86. The van der Waals surface area contributed by atoms with Crippen LogP contribution in [0.25, 0.3) is 16.8 Å². The summed E-state index contributed by atoms with van der Waals surface area (Å²) >= 11 is 0. The minimum absolute atomic E-state index is 0.194. The highest BCUT2D eigenvalue weighted by atomic mass is 15.2. The fraction of sp³-hybridized carbons (Fsp3) is 0.370. The zero-order valence-electron chi connectivity index (χ0n) is 19.5. The van der Waals surface area contributed by atoms with Crippen LogP contribution in [0.3, 0.4) is 0 Å². The summed E-state index contributed by atoms with van der Waals surface area (Å²) in [5.41, 5.74) is 7.69. The summed E-state index contributed by atoms with van der Waals surface area (Å²) in [5.74, 6) is 0.627. The van der Waals surface area contributed by atoms with Gasteiger partial charge in [-0.2, -0.15) is 25.8 Å². The van der Waals surface area contributed by atoms with Crippen molar-refractivity contribution < 1.29 is 0 Å². The van der Waals surface area contributed by atoms with Gasteiger partial charge in [0.05, 0.1) is 34.8 Å². The van der Waals surface area contributed by atoms with Crippen LogP contribution in [0.5, 0.6) is 0 Å². The van der Waals surface area contributed by atoms with Gasteiger partial charge in [0.1, 0.15) is 6.07 Å². The van der Waals surface area contributed by atoms with E-state index < -0.39 is 0 Å². The Morgan fingerprint density at radius 1 is 1.03 bits per heavy atom. The third kappa shape index (κ3) is 4.18. The Balaban J connectivity index is 1.41. The highest BCUT2D eigenvalue weighted by Crippen LogP contribution is 2.34. The lowest BCUT2D eigenvalue weighted by atomic mass is 9.79. The normalized spacial score (nSPS) is 20.0. The number of anilines is 1. The predicted molar refractivity (Wildman–Crippen MR) is 134 cm³/mol. The lowest BCUT2D eigenvalue weighted by Gasteiger charge is -2.24. The second-order valence-corrected chi connectivity index (χ2v) is 9.46. The van der Waals surface area contributed by atoms with Crippen LogP contribution in [-0.4, -0.2) is 27.1 Å². The van der Waals surface area contributed by atoms with Crippen molar-refractivity contribution in [3.05, 3.63) is 53.7 Å². The van der Waals surface area contributed by atoms with Crippen LogP contribution in [0.1, 0.15) is 57.1 Å². The summed E-state index contributed by atoms with van der Waals surface area (Å²) in [6.45, 7) is 4.25. The molecule has 7 heteroatoms. The molecule has 2 aromatic heterocycles. The topological polar surface area (TPSA) is 102 Å². The Morgan fingerprint density at radius 3 is 2.59 bits per heavy atom. The van der Waals surface area contributed by atoms with E-state index in [-0.39, 0.29) is 12.0 Å². The van der Waals surface area contributed by atoms with Crippen LogP contribution in [0.15, 0.2) is 52.8 Å². The molecule has 0 atom stereocenters. The van der Waals surface area contributed by atoms with E-state index in [1.165, 1.54) is 0 Å². The Bertz CT molecular complexity index is 1370. The first-order valence-electron chi connectivity index (χ1n) is 11.9. The van der Waals surface area contributed by atoms with Gasteiger partial charge in [-0.05, 0) is 69.7 Å². The van der Waals surface area contributed by atoms with Gasteiger partial charge < -0.3 is 5.32 Å². The number of nitrogens with zero attached hydrogens (tertiary/aromatic N) is 6. The van der Waals surface area contributed by atoms with E-state index in [1.54, 1.807) is 6.20 Å². The molecule has 5 rings (SSSR count). The maximum absolute atomic E-state index is 9.18. The fourth-order valence-corrected chi connectivity index (χ4v) is 4.96. The van der Waals surface area contributed by atoms with Crippen LogP contribution in [-0.2, 0) is 0 Å². The number of nitriles is 2. The maximum Gasteiger partial charge on any atom is 0.101 e. The van der Waals surface area contributed by atoms with Crippen molar-refractivity contribution in [3.63, 3.8) is 0 Å². The number of aromatic nitrogens is 2. The molecule has 0 saturated heterocycles. The van der Waals surface area contributed by atoms with Gasteiger partial charge in [0.25, 0.3) is 0 Å². The van der Waals surface area contributed by atoms with Crippen molar-refractivity contribution >= 4 is 22.6 Å². The molecule has 1 N–H and O–H groups in total. The zero-order valence-corrected chi connectivity index (χ0v) is 19.5. The van der Waals surface area contributed by atoms with E-state index in [1.807, 2.05) is 22.7 Å². The molecular weight excluding hydrogens is 422 g/mol. The van der Waals surface area contributed by atoms with Crippen molar-refractivity contribution in [3.8, 4) is 23.4 Å². The Hall–Kier alpha value is -3.97. The van der Waals surface area contributed by atoms with Gasteiger partial charge in [-0.25, -0.2) is 4.52 Å². The first-order chi connectivity index (χ1) is 16.6. The monoisotopic (exact) mass is 449 g/mol. The molecule has 34 heavy (non-hydrogen) atoms. The average molecular weight is 450 g/mol. The molecular formula is C27H27N7. The first kappa shape index (κ1) is 21.9. The van der Waals surface area contributed by atoms with Gasteiger partial charge in [0.2, 0.25) is 0 Å². The lowest BCUT2D eigenvalue weighted by molar-refractivity contribution is 0.376. The van der Waals surface area contributed by atoms with Crippen LogP contribution in [0.4, 0.5) is 5.69 Å². The molecule has 0 radical (unpaired) electrons. The summed E-state index contributed by atoms with van der Waals surface area (Å²) in [4.78, 5) is 0. The molecule has 1 aliphatic heterocycles. The minimum atomic E-state index is 0.194. The second kappa shape index (κ2) is 9.11. The largest absolute Gasteiger partial charge is 0.382 e. The molecule has 170 valence electrons. The number of fused-ring (bicyclic) bond motifs is 1. The van der Waals surface area contributed by atoms with E-state index in [0.29, 0.717) is 11.5 Å². The molecule has 1 aromatic carbocycles. The quantitative estimate of drug-likeness (QED) is 0.550. The van der Waals surface area contributed by atoms with Crippen LogP contribution in [0, 0.1) is 34.5 Å². The van der Waals surface area contributed by atoms with Gasteiger partial charge in [-0.3, -0.25) is 0 Å². The van der Waals surface area contributed by atoms with E-state index in [0.717, 1.165) is 71.6 Å². The van der Waals surface area contributed by atoms with Crippen molar-refractivity contribution in [2.75, 3.05) is 5.32 Å². The maximum atomic E-state index is 9.18. The van der Waals surface area contributed by atoms with E-state index >= 15 is 0 Å². The molecule has 7 nitrogen and oxygen atoms in total. The minimum Gasteiger partial charge on any atom is -0.382 e. The molecule has 1 saturated carbocycles. The summed E-state index contributed by atoms with van der Waals surface area (Å²) in [6.07, 6.45) is 6.32. The Morgan fingerprint density at radius 2 is 1.85 bits per heavy atom. The summed E-state index contributed by atoms with van der Waals surface area (Å²) < 4.78 is 1.86. The average Bonchev–Trinajstić information content (AvgIpc) is 3.51. The van der Waals surface area contributed by atoms with Crippen molar-refractivity contribution in [2.24, 2.45) is 22.0 Å². The standard InChI is InChI=1S/C27H27N7/c1-17(2)31-25-12-21(27-10-8-22-11-19(15-29)16-30-34(22)27)7-9-23(25)26-13-24(32-33-26)20-5-3-18(14-28)4-6-20/h7-12,16-18,20,31H,3-6,13H2,1-2H3. The highest BCUT2D eigenvalue weighted by Gasteiger charge is 2.28. The van der Waals surface area contributed by atoms with E-state index in [9.17, 15) is 5.26 Å². The number of nitrogens with one attached hydrogen (secondary N) is 1. The first-order valence-corrected chi connectivity index (χ1v) is 11.9. The van der Waals surface area contributed by atoms with Crippen molar-refractivity contribution in [1.29, 1.82) is 10.5 Å². The van der Waals surface area contributed by atoms with E-state index in [2.05, 4.69) is 64.8 Å². The van der Waals surface area contributed by atoms with Gasteiger partial charge >= 0.3 is 0 Å². The summed E-state index contributed by atoms with van der Waals surface area (Å²) in [6, 6.07) is 17.0. The number of hydrogen-bond donors (Lipinski definition) is 1. The van der Waals surface area contributed by atoms with Crippen LogP contribution < -0.4 is 5.32 Å². The number of benzene rings is 1. The predicted octanol–water partition coefficient (Wildman–Crippen LogP) is 5.57. The van der Waals surface area contributed by atoms with Gasteiger partial charge in [0.15, 0.2) is 0 Å². The highest BCUT2D eigenvalue weighted by molar-refractivity contribution is 6.18. The molecule has 3 aromatic rings. The molecule has 1 fully saturated rings. The molecule has 3 heterocycles. The third-order valence-corrected chi connectivity index (χ3v) is 6.73. The zero-order chi connectivity index (χ0) is 23.7. The van der Waals surface area contributed by atoms with Crippen molar-refractivity contribution in [2.45, 2.75) is 52.0 Å². The van der Waals surface area contributed by atoms with Crippen LogP contribution >= 0.6 is 0 Å². The van der Waals surface area contributed by atoms with E-state index in [4.69, 9.17) is 5.26 Å². The SMILES string of the molecule is CC(C)Nc1cc(-c2ccc3cc(C#N)cnn23)ccc1C1=NN=C(C2CCC(C#N)CC2)C1. The number of hydrogen-bond acceptors (Lipinski definition) is 6. The van der Waals surface area contributed by atoms with Crippen LogP contribution in [0.2, 0.25) is 0 Å². The number of rotatable bonds is 5.